The van der Waals surface area contributed by atoms with Crippen molar-refractivity contribution < 1.29 is 4.57 Å². The molecule has 0 saturated heterocycles. The number of rotatable bonds is 8. The van der Waals surface area contributed by atoms with Gasteiger partial charge in [0.2, 0.25) is 0 Å². The van der Waals surface area contributed by atoms with Crippen molar-refractivity contribution in [2.24, 2.45) is 5.92 Å². The summed E-state index contributed by atoms with van der Waals surface area (Å²) in [7, 11) is 0. The van der Waals surface area contributed by atoms with Gasteiger partial charge < -0.3 is 4.90 Å². The minimum absolute atomic E-state index is 0.780. The van der Waals surface area contributed by atoms with Crippen LogP contribution in [0.25, 0.3) is 6.08 Å². The molecule has 0 radical (unpaired) electrons. The number of pyridine rings is 1. The molecule has 0 spiro atoms. The highest BCUT2D eigenvalue weighted by Gasteiger charge is 2.24. The Bertz CT molecular complexity index is 817. The van der Waals surface area contributed by atoms with Gasteiger partial charge in [-0.05, 0) is 43.5 Å². The van der Waals surface area contributed by atoms with Crippen LogP contribution >= 0.6 is 11.8 Å². The fourth-order valence-electron chi connectivity index (χ4n) is 4.13. The van der Waals surface area contributed by atoms with E-state index in [1.165, 1.54) is 58.2 Å². The first-order valence-electron chi connectivity index (χ1n) is 10.8. The summed E-state index contributed by atoms with van der Waals surface area (Å²) in [5.74, 6) is 0.780. The maximum atomic E-state index is 2.51. The Balaban J connectivity index is 1.84. The second kappa shape index (κ2) is 9.65. The van der Waals surface area contributed by atoms with Crippen molar-refractivity contribution in [3.05, 3.63) is 58.4 Å². The molecule has 0 N–H and O–H groups in total. The van der Waals surface area contributed by atoms with E-state index < -0.39 is 0 Å². The van der Waals surface area contributed by atoms with Gasteiger partial charge in [-0.1, -0.05) is 50.6 Å². The molecule has 2 heterocycles. The van der Waals surface area contributed by atoms with Crippen molar-refractivity contribution in [3.63, 3.8) is 0 Å². The number of aryl methyl sites for hydroxylation is 2. The molecule has 1 atom stereocenters. The van der Waals surface area contributed by atoms with Crippen LogP contribution in [0, 0.1) is 19.8 Å². The first kappa shape index (κ1) is 21.0. The quantitative estimate of drug-likeness (QED) is 0.457. The fourth-order valence-corrected chi connectivity index (χ4v) is 5.32. The number of hydrogen-bond acceptors (Lipinski definition) is 2. The number of benzene rings is 1. The summed E-state index contributed by atoms with van der Waals surface area (Å²) < 4.78 is 2.51. The third-order valence-corrected chi connectivity index (χ3v) is 6.94. The highest BCUT2D eigenvalue weighted by atomic mass is 32.2. The van der Waals surface area contributed by atoms with Gasteiger partial charge in [0.15, 0.2) is 17.9 Å². The molecule has 2 nitrogen and oxygen atoms in total. The Kier molecular flexibility index (Phi) is 7.23. The van der Waals surface area contributed by atoms with Crippen LogP contribution in [0.1, 0.15) is 63.4 Å². The summed E-state index contributed by atoms with van der Waals surface area (Å²) in [6, 6.07) is 13.4. The minimum Gasteiger partial charge on any atom is -0.335 e. The zero-order valence-electron chi connectivity index (χ0n) is 18.2. The molecule has 0 amide bonds. The SMILES string of the molecule is CCCC[C@H](CC)C[n+]1c(C)cc(C=C2Sc3ccccc3N2CC)cc1C. The van der Waals surface area contributed by atoms with E-state index in [0.29, 0.717) is 0 Å². The van der Waals surface area contributed by atoms with Gasteiger partial charge in [-0.25, -0.2) is 0 Å². The normalized spacial score (nSPS) is 15.9. The molecule has 0 unspecified atom stereocenters. The van der Waals surface area contributed by atoms with E-state index in [2.05, 4.69) is 86.6 Å². The Hall–Kier alpha value is -1.74. The topological polar surface area (TPSA) is 7.12 Å². The number of para-hydroxylation sites is 1. The number of fused-ring (bicyclic) bond motifs is 1. The molecule has 28 heavy (non-hydrogen) atoms. The lowest BCUT2D eigenvalue weighted by molar-refractivity contribution is -0.714. The van der Waals surface area contributed by atoms with Crippen molar-refractivity contribution in [2.75, 3.05) is 11.4 Å². The van der Waals surface area contributed by atoms with Crippen molar-refractivity contribution in [1.82, 2.24) is 0 Å². The van der Waals surface area contributed by atoms with Crippen LogP contribution in [0.4, 0.5) is 5.69 Å². The number of hydrogen-bond donors (Lipinski definition) is 0. The van der Waals surface area contributed by atoms with Gasteiger partial charge in [0, 0.05) is 43.3 Å². The van der Waals surface area contributed by atoms with Crippen molar-refractivity contribution in [2.45, 2.75) is 71.7 Å². The average Bonchev–Trinajstić information content (AvgIpc) is 3.03. The summed E-state index contributed by atoms with van der Waals surface area (Å²) in [5.41, 5.74) is 5.37. The monoisotopic (exact) mass is 395 g/mol. The van der Waals surface area contributed by atoms with Gasteiger partial charge in [0.05, 0.1) is 10.7 Å². The predicted molar refractivity (Wildman–Crippen MR) is 123 cm³/mol. The van der Waals surface area contributed by atoms with E-state index in [1.54, 1.807) is 0 Å². The third kappa shape index (κ3) is 4.63. The van der Waals surface area contributed by atoms with Crippen molar-refractivity contribution >= 4 is 23.5 Å². The van der Waals surface area contributed by atoms with Gasteiger partial charge in [-0.2, -0.15) is 4.57 Å². The lowest BCUT2D eigenvalue weighted by Crippen LogP contribution is -2.43. The summed E-state index contributed by atoms with van der Waals surface area (Å²) in [6.45, 7) is 13.5. The molecule has 2 aromatic rings. The summed E-state index contributed by atoms with van der Waals surface area (Å²) in [5, 5.41) is 1.33. The molecule has 1 aromatic carbocycles. The fraction of sp³-hybridized carbons (Fsp3) is 0.480. The van der Waals surface area contributed by atoms with Crippen LogP contribution in [0.2, 0.25) is 0 Å². The number of thioether (sulfide) groups is 1. The first-order chi connectivity index (χ1) is 13.6. The third-order valence-electron chi connectivity index (χ3n) is 5.83. The van der Waals surface area contributed by atoms with E-state index in [-0.39, 0.29) is 0 Å². The molecular formula is C25H35N2S+. The van der Waals surface area contributed by atoms with E-state index >= 15 is 0 Å². The zero-order valence-corrected chi connectivity index (χ0v) is 19.0. The molecule has 150 valence electrons. The number of unbranched alkanes of at least 4 members (excludes halogenated alkanes) is 1. The molecule has 0 saturated carbocycles. The Morgan fingerprint density at radius 2 is 1.79 bits per heavy atom. The molecule has 3 heteroatoms. The maximum absolute atomic E-state index is 2.51. The minimum atomic E-state index is 0.780. The molecular weight excluding hydrogens is 360 g/mol. The van der Waals surface area contributed by atoms with Crippen molar-refractivity contribution in [3.8, 4) is 0 Å². The smallest absolute Gasteiger partial charge is 0.179 e. The van der Waals surface area contributed by atoms with E-state index in [1.807, 2.05) is 11.8 Å². The largest absolute Gasteiger partial charge is 0.335 e. The highest BCUT2D eigenvalue weighted by molar-refractivity contribution is 8.03. The lowest BCUT2D eigenvalue weighted by atomic mass is 9.98. The second-order valence-corrected chi connectivity index (χ2v) is 8.96. The van der Waals surface area contributed by atoms with Crippen molar-refractivity contribution in [1.29, 1.82) is 0 Å². The molecule has 1 aliphatic heterocycles. The summed E-state index contributed by atoms with van der Waals surface area (Å²) in [6.07, 6.45) is 7.58. The van der Waals surface area contributed by atoms with Gasteiger partial charge in [-0.15, -0.1) is 0 Å². The molecule has 1 aromatic heterocycles. The van der Waals surface area contributed by atoms with Crippen LogP contribution < -0.4 is 9.47 Å². The summed E-state index contributed by atoms with van der Waals surface area (Å²) in [4.78, 5) is 3.78. The van der Waals surface area contributed by atoms with Gasteiger partial charge in [-0.3, -0.25) is 0 Å². The first-order valence-corrected chi connectivity index (χ1v) is 11.7. The maximum Gasteiger partial charge on any atom is 0.179 e. The number of anilines is 1. The number of nitrogens with zero attached hydrogens (tertiary/aromatic N) is 2. The van der Waals surface area contributed by atoms with Crippen LogP contribution in [0.5, 0.6) is 0 Å². The average molecular weight is 396 g/mol. The van der Waals surface area contributed by atoms with Gasteiger partial charge >= 0.3 is 0 Å². The van der Waals surface area contributed by atoms with Crippen LogP contribution in [0.15, 0.2) is 46.3 Å². The molecule has 0 bridgehead atoms. The summed E-state index contributed by atoms with van der Waals surface area (Å²) >= 11 is 1.88. The zero-order chi connectivity index (χ0) is 20.1. The Labute approximate surface area is 175 Å². The highest BCUT2D eigenvalue weighted by Crippen LogP contribution is 2.46. The molecule has 3 rings (SSSR count). The van der Waals surface area contributed by atoms with E-state index in [4.69, 9.17) is 0 Å². The van der Waals surface area contributed by atoms with Crippen LogP contribution in [-0.4, -0.2) is 6.54 Å². The predicted octanol–water partition coefficient (Wildman–Crippen LogP) is 6.74. The molecule has 0 aliphatic carbocycles. The van der Waals surface area contributed by atoms with Crippen LogP contribution in [-0.2, 0) is 6.54 Å². The Morgan fingerprint density at radius 3 is 2.43 bits per heavy atom. The van der Waals surface area contributed by atoms with Gasteiger partial charge in [0.1, 0.15) is 0 Å². The molecule has 0 fully saturated rings. The van der Waals surface area contributed by atoms with Gasteiger partial charge in [0.25, 0.3) is 0 Å². The van der Waals surface area contributed by atoms with Crippen LogP contribution in [0.3, 0.4) is 0 Å². The Morgan fingerprint density at radius 1 is 1.07 bits per heavy atom. The standard InChI is InChI=1S/C25H35N2S/c1-6-9-12-21(7-2)18-27-19(4)15-22(16-20(27)5)17-25-26(8-3)23-13-10-11-14-24(23)28-25/h10-11,13-17,21H,6-9,12,18H2,1-5H3/q+1/t21-/m0/s1. The number of aromatic nitrogens is 1. The second-order valence-electron chi connectivity index (χ2n) is 7.90. The van der Waals surface area contributed by atoms with E-state index in [0.717, 1.165) is 19.0 Å². The lowest BCUT2D eigenvalue weighted by Gasteiger charge is -2.18. The van der Waals surface area contributed by atoms with E-state index in [9.17, 15) is 0 Å². The molecule has 1 aliphatic rings.